The molecule has 0 amide bonds. The highest BCUT2D eigenvalue weighted by molar-refractivity contribution is 14.0. The molecule has 0 heterocycles. The summed E-state index contributed by atoms with van der Waals surface area (Å²) in [4.78, 5) is 4.14. The lowest BCUT2D eigenvalue weighted by Crippen LogP contribution is -2.43. The Hall–Kier alpha value is -1.43. The largest absolute Gasteiger partial charge is 0.496 e. The molecule has 1 rings (SSSR count). The Balaban J connectivity index is 0.00000729. The molecule has 1 atom stereocenters. The van der Waals surface area contributed by atoms with Gasteiger partial charge in [0.15, 0.2) is 5.96 Å². The van der Waals surface area contributed by atoms with Gasteiger partial charge < -0.3 is 24.8 Å². The van der Waals surface area contributed by atoms with Crippen molar-refractivity contribution in [1.29, 1.82) is 0 Å². The Morgan fingerprint density at radius 3 is 2.21 bits per heavy atom. The van der Waals surface area contributed by atoms with Gasteiger partial charge in [-0.3, -0.25) is 4.99 Å². The van der Waals surface area contributed by atoms with Crippen molar-refractivity contribution in [3.05, 3.63) is 18.2 Å². The van der Waals surface area contributed by atoms with Crippen LogP contribution in [0, 0.1) is 0 Å². The van der Waals surface area contributed by atoms with Gasteiger partial charge in [0, 0.05) is 44.1 Å². The number of rotatable bonds is 11. The molecular formula is C18H32IN3O5S. The van der Waals surface area contributed by atoms with E-state index in [4.69, 9.17) is 14.2 Å². The summed E-state index contributed by atoms with van der Waals surface area (Å²) >= 11 is 0. The van der Waals surface area contributed by atoms with Gasteiger partial charge in [0.05, 0.1) is 26.6 Å². The van der Waals surface area contributed by atoms with Gasteiger partial charge in [-0.05, 0) is 19.8 Å². The van der Waals surface area contributed by atoms with Crippen LogP contribution in [0.1, 0.15) is 19.8 Å². The van der Waals surface area contributed by atoms with Crippen molar-refractivity contribution < 1.29 is 22.6 Å². The number of ether oxygens (including phenoxy) is 3. The van der Waals surface area contributed by atoms with Gasteiger partial charge in [-0.25, -0.2) is 8.42 Å². The summed E-state index contributed by atoms with van der Waals surface area (Å²) in [7, 11) is 1.91. The van der Waals surface area contributed by atoms with Gasteiger partial charge >= 0.3 is 0 Å². The Morgan fingerprint density at radius 1 is 1.14 bits per heavy atom. The molecule has 0 aromatic heterocycles. The Kier molecular flexibility index (Phi) is 13.0. The Labute approximate surface area is 185 Å². The van der Waals surface area contributed by atoms with Gasteiger partial charge in [0.2, 0.25) is 0 Å². The molecule has 0 bridgehead atoms. The van der Waals surface area contributed by atoms with Crippen LogP contribution in [-0.4, -0.2) is 66.8 Å². The monoisotopic (exact) mass is 529 g/mol. The summed E-state index contributed by atoms with van der Waals surface area (Å²) in [6.07, 6.45) is 2.53. The number of nitrogens with one attached hydrogen (secondary N) is 2. The first-order chi connectivity index (χ1) is 12.8. The third-order valence-corrected chi connectivity index (χ3v) is 4.71. The maximum absolute atomic E-state index is 11.2. The van der Waals surface area contributed by atoms with E-state index in [1.807, 2.05) is 6.92 Å². The third kappa shape index (κ3) is 11.4. The summed E-state index contributed by atoms with van der Waals surface area (Å²) in [6, 6.07) is 5.40. The van der Waals surface area contributed by atoms with Gasteiger partial charge in [-0.2, -0.15) is 0 Å². The topological polar surface area (TPSA) is 98.2 Å². The normalized spacial score (nSPS) is 12.5. The van der Waals surface area contributed by atoms with Gasteiger partial charge in [-0.15, -0.1) is 24.0 Å². The fourth-order valence-electron chi connectivity index (χ4n) is 2.22. The van der Waals surface area contributed by atoms with Crippen molar-refractivity contribution in [2.24, 2.45) is 4.99 Å². The van der Waals surface area contributed by atoms with Crippen LogP contribution in [0.5, 0.6) is 17.2 Å². The van der Waals surface area contributed by atoms with Crippen LogP contribution in [-0.2, 0) is 9.84 Å². The third-order valence-electron chi connectivity index (χ3n) is 3.74. The van der Waals surface area contributed by atoms with E-state index in [-0.39, 0.29) is 35.8 Å². The molecule has 162 valence electrons. The second kappa shape index (κ2) is 13.7. The highest BCUT2D eigenvalue weighted by Crippen LogP contribution is 2.27. The van der Waals surface area contributed by atoms with Crippen LogP contribution in [0.2, 0.25) is 0 Å². The van der Waals surface area contributed by atoms with Crippen LogP contribution < -0.4 is 24.8 Å². The molecule has 8 nitrogen and oxygen atoms in total. The summed E-state index contributed by atoms with van der Waals surface area (Å²) < 4.78 is 38.6. The fourth-order valence-corrected chi connectivity index (χ4v) is 3.01. The molecular weight excluding hydrogens is 497 g/mol. The standard InChI is InChI=1S/C18H31N3O5S.HI/c1-14(7-10-27(5,22)23)21-18(19-2)20-8-6-9-26-17-12-15(24-3)11-16(13-17)25-4;/h11-14H,6-10H2,1-5H3,(H2,19,20,21);1H. The second-order valence-corrected chi connectivity index (χ2v) is 8.47. The number of benzene rings is 1. The van der Waals surface area contributed by atoms with E-state index in [0.29, 0.717) is 42.8 Å². The number of halogens is 1. The first-order valence-electron chi connectivity index (χ1n) is 8.78. The lowest BCUT2D eigenvalue weighted by Gasteiger charge is -2.17. The zero-order chi connectivity index (χ0) is 20.3. The number of aliphatic imine (C=N–C) groups is 1. The van der Waals surface area contributed by atoms with E-state index in [9.17, 15) is 8.42 Å². The molecule has 28 heavy (non-hydrogen) atoms. The second-order valence-electron chi connectivity index (χ2n) is 6.21. The highest BCUT2D eigenvalue weighted by atomic mass is 127. The fraction of sp³-hybridized carbons (Fsp3) is 0.611. The van der Waals surface area contributed by atoms with Gasteiger partial charge in [0.25, 0.3) is 0 Å². The summed E-state index contributed by atoms with van der Waals surface area (Å²) in [5, 5.41) is 6.37. The smallest absolute Gasteiger partial charge is 0.191 e. The number of guanidine groups is 1. The number of sulfone groups is 1. The first kappa shape index (κ1) is 26.6. The van der Waals surface area contributed by atoms with Crippen LogP contribution >= 0.6 is 24.0 Å². The van der Waals surface area contributed by atoms with Crippen molar-refractivity contribution in [1.82, 2.24) is 10.6 Å². The van der Waals surface area contributed by atoms with E-state index >= 15 is 0 Å². The maximum atomic E-state index is 11.2. The number of methoxy groups -OCH3 is 2. The van der Waals surface area contributed by atoms with Crippen LogP contribution in [0.3, 0.4) is 0 Å². The molecule has 1 aromatic rings. The predicted molar refractivity (Wildman–Crippen MR) is 123 cm³/mol. The zero-order valence-corrected chi connectivity index (χ0v) is 20.3. The summed E-state index contributed by atoms with van der Waals surface area (Å²) in [5.41, 5.74) is 0. The minimum atomic E-state index is -2.96. The average molecular weight is 529 g/mol. The van der Waals surface area contributed by atoms with Crippen LogP contribution in [0.25, 0.3) is 0 Å². The Morgan fingerprint density at radius 2 is 1.71 bits per heavy atom. The van der Waals surface area contributed by atoms with Crippen molar-refractivity contribution >= 4 is 39.8 Å². The molecule has 0 aliphatic rings. The van der Waals surface area contributed by atoms with Crippen LogP contribution in [0.4, 0.5) is 0 Å². The number of hydrogen-bond acceptors (Lipinski definition) is 6. The highest BCUT2D eigenvalue weighted by Gasteiger charge is 2.09. The van der Waals surface area contributed by atoms with E-state index in [1.165, 1.54) is 6.26 Å². The van der Waals surface area contributed by atoms with Gasteiger partial charge in [-0.1, -0.05) is 0 Å². The zero-order valence-electron chi connectivity index (χ0n) is 17.1. The van der Waals surface area contributed by atoms with Crippen molar-refractivity contribution in [2.75, 3.05) is 46.4 Å². The number of nitrogens with zero attached hydrogens (tertiary/aromatic N) is 1. The molecule has 2 N–H and O–H groups in total. The SMILES string of the molecule is CN=C(NCCCOc1cc(OC)cc(OC)c1)NC(C)CCS(C)(=O)=O.I. The van der Waals surface area contributed by atoms with E-state index < -0.39 is 9.84 Å². The predicted octanol–water partition coefficient (Wildman–Crippen LogP) is 2.08. The molecule has 0 aliphatic carbocycles. The summed E-state index contributed by atoms with van der Waals surface area (Å²) in [6.45, 7) is 3.11. The molecule has 0 spiro atoms. The molecule has 0 radical (unpaired) electrons. The molecule has 10 heteroatoms. The lowest BCUT2D eigenvalue weighted by atomic mass is 10.3. The van der Waals surface area contributed by atoms with Gasteiger partial charge in [0.1, 0.15) is 27.1 Å². The molecule has 0 saturated heterocycles. The minimum absolute atomic E-state index is 0. The number of hydrogen-bond donors (Lipinski definition) is 2. The quantitative estimate of drug-likeness (QED) is 0.196. The molecule has 0 aliphatic heterocycles. The lowest BCUT2D eigenvalue weighted by molar-refractivity contribution is 0.305. The van der Waals surface area contributed by atoms with E-state index in [0.717, 1.165) is 6.42 Å². The van der Waals surface area contributed by atoms with E-state index in [1.54, 1.807) is 39.5 Å². The van der Waals surface area contributed by atoms with Crippen molar-refractivity contribution in [2.45, 2.75) is 25.8 Å². The average Bonchev–Trinajstić information content (AvgIpc) is 2.64. The Bertz CT molecular complexity index is 691. The first-order valence-corrected chi connectivity index (χ1v) is 10.8. The molecule has 0 fully saturated rings. The minimum Gasteiger partial charge on any atom is -0.496 e. The van der Waals surface area contributed by atoms with Crippen LogP contribution in [0.15, 0.2) is 23.2 Å². The molecule has 1 aromatic carbocycles. The van der Waals surface area contributed by atoms with Crippen molar-refractivity contribution in [3.63, 3.8) is 0 Å². The van der Waals surface area contributed by atoms with Crippen molar-refractivity contribution in [3.8, 4) is 17.2 Å². The molecule has 1 unspecified atom stereocenters. The summed E-state index contributed by atoms with van der Waals surface area (Å²) in [5.74, 6) is 2.82. The maximum Gasteiger partial charge on any atom is 0.191 e. The molecule has 0 saturated carbocycles. The van der Waals surface area contributed by atoms with E-state index in [2.05, 4.69) is 15.6 Å².